The Morgan fingerprint density at radius 1 is 1.42 bits per heavy atom. The summed E-state index contributed by atoms with van der Waals surface area (Å²) in [4.78, 5) is 7.79. The molecule has 2 aliphatic rings. The Morgan fingerprint density at radius 2 is 2.26 bits per heavy atom. The first-order valence-electron chi connectivity index (χ1n) is 7.03. The van der Waals surface area contributed by atoms with E-state index in [0.29, 0.717) is 0 Å². The van der Waals surface area contributed by atoms with Crippen LogP contribution in [-0.2, 0) is 10.2 Å². The van der Waals surface area contributed by atoms with Crippen LogP contribution in [0.1, 0.15) is 24.2 Å². The first-order valence-corrected chi connectivity index (χ1v) is 7.03. The van der Waals surface area contributed by atoms with Crippen molar-refractivity contribution in [3.8, 4) is 0 Å². The minimum atomic E-state index is 0.162. The van der Waals surface area contributed by atoms with E-state index < -0.39 is 0 Å². The van der Waals surface area contributed by atoms with Crippen LogP contribution in [0.25, 0.3) is 11.0 Å². The first kappa shape index (κ1) is 11.4. The fourth-order valence-corrected chi connectivity index (χ4v) is 2.81. The molecule has 2 aromatic rings. The van der Waals surface area contributed by atoms with Crippen molar-refractivity contribution >= 4 is 11.0 Å². The maximum absolute atomic E-state index is 5.50. The molecule has 0 bridgehead atoms. The van der Waals surface area contributed by atoms with Crippen LogP contribution in [0.5, 0.6) is 0 Å². The van der Waals surface area contributed by atoms with Crippen molar-refractivity contribution in [3.63, 3.8) is 0 Å². The average Bonchev–Trinajstić information content (AvgIpc) is 3.08. The van der Waals surface area contributed by atoms with Gasteiger partial charge in [0.05, 0.1) is 29.7 Å². The van der Waals surface area contributed by atoms with Crippen LogP contribution in [-0.4, -0.2) is 35.8 Å². The van der Waals surface area contributed by atoms with E-state index in [1.807, 2.05) is 6.92 Å². The highest BCUT2D eigenvalue weighted by Crippen LogP contribution is 2.34. The van der Waals surface area contributed by atoms with Crippen molar-refractivity contribution in [2.24, 2.45) is 0 Å². The number of fused-ring (bicyclic) bond motifs is 1. The number of ether oxygens (including phenoxy) is 1. The Labute approximate surface area is 112 Å². The number of aromatic amines is 1. The Balaban J connectivity index is 1.65. The molecule has 4 nitrogen and oxygen atoms in total. The zero-order valence-electron chi connectivity index (χ0n) is 11.2. The summed E-state index contributed by atoms with van der Waals surface area (Å²) < 4.78 is 5.50. The number of imidazole rings is 1. The van der Waals surface area contributed by atoms with E-state index in [2.05, 4.69) is 33.5 Å². The largest absolute Gasteiger partial charge is 0.379 e. The third kappa shape index (κ3) is 1.95. The van der Waals surface area contributed by atoms with Gasteiger partial charge in [-0.1, -0.05) is 6.07 Å². The van der Waals surface area contributed by atoms with Gasteiger partial charge in [-0.2, -0.15) is 0 Å². The van der Waals surface area contributed by atoms with Crippen molar-refractivity contribution in [2.45, 2.75) is 31.2 Å². The van der Waals surface area contributed by atoms with E-state index in [1.165, 1.54) is 18.4 Å². The second-order valence-electron chi connectivity index (χ2n) is 5.98. The molecular formula is C15H19N3O. The third-order valence-corrected chi connectivity index (χ3v) is 4.28. The summed E-state index contributed by atoms with van der Waals surface area (Å²) in [7, 11) is 0. The number of aromatic nitrogens is 2. The van der Waals surface area contributed by atoms with Crippen LogP contribution in [0.2, 0.25) is 0 Å². The molecule has 0 unspecified atom stereocenters. The predicted molar refractivity (Wildman–Crippen MR) is 74.4 cm³/mol. The molecule has 1 saturated carbocycles. The number of rotatable bonds is 4. The highest BCUT2D eigenvalue weighted by molar-refractivity contribution is 5.76. The van der Waals surface area contributed by atoms with Crippen molar-refractivity contribution in [1.82, 2.24) is 15.3 Å². The summed E-state index contributed by atoms with van der Waals surface area (Å²) in [5.41, 5.74) is 3.71. The van der Waals surface area contributed by atoms with E-state index in [9.17, 15) is 0 Å². The van der Waals surface area contributed by atoms with Crippen molar-refractivity contribution in [2.75, 3.05) is 19.8 Å². The topological polar surface area (TPSA) is 49.9 Å². The van der Waals surface area contributed by atoms with Crippen LogP contribution in [0.3, 0.4) is 0 Å². The van der Waals surface area contributed by atoms with E-state index in [-0.39, 0.29) is 5.41 Å². The highest BCUT2D eigenvalue weighted by Gasteiger charge is 2.41. The van der Waals surface area contributed by atoms with Gasteiger partial charge in [-0.3, -0.25) is 0 Å². The zero-order valence-corrected chi connectivity index (χ0v) is 11.2. The Bertz CT molecular complexity index is 611. The van der Waals surface area contributed by atoms with Gasteiger partial charge in [0.25, 0.3) is 0 Å². The van der Waals surface area contributed by atoms with Gasteiger partial charge < -0.3 is 15.0 Å². The molecule has 4 rings (SSSR count). The third-order valence-electron chi connectivity index (χ3n) is 4.28. The van der Waals surface area contributed by atoms with Gasteiger partial charge in [-0.05, 0) is 37.5 Å². The molecule has 2 fully saturated rings. The van der Waals surface area contributed by atoms with Crippen LogP contribution >= 0.6 is 0 Å². The van der Waals surface area contributed by atoms with E-state index in [1.54, 1.807) is 0 Å². The molecule has 2 N–H and O–H groups in total. The second-order valence-corrected chi connectivity index (χ2v) is 5.98. The van der Waals surface area contributed by atoms with Gasteiger partial charge in [0.15, 0.2) is 0 Å². The molecule has 1 aromatic carbocycles. The molecule has 4 heteroatoms. The number of H-pyrrole nitrogens is 1. The molecule has 19 heavy (non-hydrogen) atoms. The lowest BCUT2D eigenvalue weighted by atomic mass is 9.78. The molecule has 1 aliphatic heterocycles. The van der Waals surface area contributed by atoms with Crippen molar-refractivity contribution < 1.29 is 4.74 Å². The van der Waals surface area contributed by atoms with Gasteiger partial charge in [-0.15, -0.1) is 0 Å². The van der Waals surface area contributed by atoms with Crippen LogP contribution < -0.4 is 5.32 Å². The molecule has 1 aliphatic carbocycles. The van der Waals surface area contributed by atoms with Gasteiger partial charge in [0.1, 0.15) is 5.82 Å². The van der Waals surface area contributed by atoms with Crippen LogP contribution in [0, 0.1) is 6.92 Å². The molecule has 0 spiro atoms. The number of nitrogens with one attached hydrogen (secondary N) is 2. The van der Waals surface area contributed by atoms with E-state index in [4.69, 9.17) is 4.74 Å². The number of hydrogen-bond donors (Lipinski definition) is 2. The Hall–Kier alpha value is -1.39. The van der Waals surface area contributed by atoms with Gasteiger partial charge in [-0.25, -0.2) is 4.98 Å². The lowest BCUT2D eigenvalue weighted by Crippen LogP contribution is -2.53. The minimum Gasteiger partial charge on any atom is -0.379 e. The van der Waals surface area contributed by atoms with E-state index in [0.717, 1.165) is 42.7 Å². The number of hydrogen-bond acceptors (Lipinski definition) is 3. The summed E-state index contributed by atoms with van der Waals surface area (Å²) in [6.07, 6.45) is 2.66. The lowest BCUT2D eigenvalue weighted by Gasteiger charge is -2.42. The number of aryl methyl sites for hydroxylation is 1. The van der Waals surface area contributed by atoms with Crippen LogP contribution in [0.4, 0.5) is 0 Å². The SMILES string of the molecule is Cc1nc2ccc(C3(CNC4CC4)COC3)cc2[nH]1. The fraction of sp³-hybridized carbons (Fsp3) is 0.533. The average molecular weight is 257 g/mol. The second kappa shape index (κ2) is 4.05. The summed E-state index contributed by atoms with van der Waals surface area (Å²) in [5, 5.41) is 3.65. The Morgan fingerprint density at radius 3 is 2.95 bits per heavy atom. The summed E-state index contributed by atoms with van der Waals surface area (Å²) in [6.45, 7) is 4.67. The molecule has 0 atom stereocenters. The predicted octanol–water partition coefficient (Wildman–Crippen LogP) is 1.89. The smallest absolute Gasteiger partial charge is 0.104 e. The lowest BCUT2D eigenvalue weighted by molar-refractivity contribution is -0.0591. The highest BCUT2D eigenvalue weighted by atomic mass is 16.5. The summed E-state index contributed by atoms with van der Waals surface area (Å²) in [6, 6.07) is 7.31. The van der Waals surface area contributed by atoms with Crippen LogP contribution in [0.15, 0.2) is 18.2 Å². The number of benzene rings is 1. The molecule has 2 heterocycles. The fourth-order valence-electron chi connectivity index (χ4n) is 2.81. The standard InChI is InChI=1S/C15H19N3O/c1-10-17-13-5-2-11(6-14(13)18-10)15(8-19-9-15)7-16-12-3-4-12/h2,5-6,12,16H,3-4,7-9H2,1H3,(H,17,18). The molecule has 1 aromatic heterocycles. The minimum absolute atomic E-state index is 0.162. The quantitative estimate of drug-likeness (QED) is 0.879. The monoisotopic (exact) mass is 257 g/mol. The molecule has 0 amide bonds. The van der Waals surface area contributed by atoms with Gasteiger partial charge in [0, 0.05) is 12.6 Å². The summed E-state index contributed by atoms with van der Waals surface area (Å²) >= 11 is 0. The molecule has 100 valence electrons. The first-order chi connectivity index (χ1) is 9.25. The zero-order chi connectivity index (χ0) is 12.9. The maximum Gasteiger partial charge on any atom is 0.104 e. The van der Waals surface area contributed by atoms with Crippen molar-refractivity contribution in [3.05, 3.63) is 29.6 Å². The van der Waals surface area contributed by atoms with Crippen molar-refractivity contribution in [1.29, 1.82) is 0 Å². The molecule has 0 radical (unpaired) electrons. The van der Waals surface area contributed by atoms with E-state index >= 15 is 0 Å². The summed E-state index contributed by atoms with van der Waals surface area (Å²) in [5.74, 6) is 0.974. The number of nitrogens with zero attached hydrogens (tertiary/aromatic N) is 1. The van der Waals surface area contributed by atoms with Gasteiger partial charge in [0.2, 0.25) is 0 Å². The molecular weight excluding hydrogens is 238 g/mol. The maximum atomic E-state index is 5.50. The normalized spacial score (nSPS) is 21.5. The Kier molecular flexibility index (Phi) is 2.44. The van der Waals surface area contributed by atoms with Gasteiger partial charge >= 0.3 is 0 Å². The molecule has 1 saturated heterocycles.